The van der Waals surface area contributed by atoms with E-state index in [1.54, 1.807) is 17.8 Å². The molecule has 0 unspecified atom stereocenters. The smallest absolute Gasteiger partial charge is 0.128 e. The van der Waals surface area contributed by atoms with Crippen LogP contribution in [0.5, 0.6) is 0 Å². The van der Waals surface area contributed by atoms with Crippen molar-refractivity contribution in [2.24, 2.45) is 5.73 Å². The quantitative estimate of drug-likeness (QED) is 0.732. The van der Waals surface area contributed by atoms with Gasteiger partial charge in [0, 0.05) is 17.0 Å². The lowest BCUT2D eigenvalue weighted by Crippen LogP contribution is -2.01. The molecule has 0 radical (unpaired) electrons. The van der Waals surface area contributed by atoms with Gasteiger partial charge >= 0.3 is 0 Å². The first kappa shape index (κ1) is 9.55. The Bertz CT molecular complexity index is 263. The van der Waals surface area contributed by atoms with Gasteiger partial charge in [-0.3, -0.25) is 0 Å². The highest BCUT2D eigenvalue weighted by atomic mass is 32.2. The molecule has 0 fully saturated rings. The third-order valence-electron chi connectivity index (χ3n) is 1.58. The van der Waals surface area contributed by atoms with Gasteiger partial charge in [-0.25, -0.2) is 4.39 Å². The summed E-state index contributed by atoms with van der Waals surface area (Å²) in [5, 5.41) is 0. The van der Waals surface area contributed by atoms with Crippen LogP contribution in [0, 0.1) is 5.82 Å². The summed E-state index contributed by atoms with van der Waals surface area (Å²) in [5.41, 5.74) is 6.06. The van der Waals surface area contributed by atoms with Crippen LogP contribution in [0.3, 0.4) is 0 Å². The van der Waals surface area contributed by atoms with Gasteiger partial charge in [-0.15, -0.1) is 11.8 Å². The van der Waals surface area contributed by atoms with Crippen LogP contribution < -0.4 is 5.73 Å². The molecule has 3 heteroatoms. The summed E-state index contributed by atoms with van der Waals surface area (Å²) in [5.74, 6) is 0.743. The van der Waals surface area contributed by atoms with Crippen molar-refractivity contribution in [3.8, 4) is 0 Å². The van der Waals surface area contributed by atoms with Crippen LogP contribution in [0.2, 0.25) is 0 Å². The van der Waals surface area contributed by atoms with Crippen molar-refractivity contribution < 1.29 is 4.39 Å². The first-order valence-corrected chi connectivity index (χ1v) is 4.88. The summed E-state index contributed by atoms with van der Waals surface area (Å²) in [6.45, 7) is 2.31. The molecule has 0 spiro atoms. The Morgan fingerprint density at radius 1 is 1.50 bits per heavy atom. The van der Waals surface area contributed by atoms with E-state index in [1.165, 1.54) is 6.07 Å². The second kappa shape index (κ2) is 4.48. The molecule has 0 atom stereocenters. The fourth-order valence-electron chi connectivity index (χ4n) is 1.03. The Balaban J connectivity index is 3.00. The van der Waals surface area contributed by atoms with E-state index < -0.39 is 0 Å². The largest absolute Gasteiger partial charge is 0.326 e. The van der Waals surface area contributed by atoms with Crippen LogP contribution in [-0.2, 0) is 6.54 Å². The number of hydrogen-bond donors (Lipinski definition) is 1. The van der Waals surface area contributed by atoms with Crippen LogP contribution in [0.4, 0.5) is 4.39 Å². The second-order valence-corrected chi connectivity index (χ2v) is 3.66. The molecule has 0 aromatic heterocycles. The predicted octanol–water partition coefficient (Wildman–Crippen LogP) is 2.40. The zero-order valence-corrected chi connectivity index (χ0v) is 7.83. The van der Waals surface area contributed by atoms with Crippen LogP contribution >= 0.6 is 11.8 Å². The number of nitrogens with two attached hydrogens (primary N) is 1. The molecule has 0 bridgehead atoms. The summed E-state index contributed by atoms with van der Waals surface area (Å²) in [6.07, 6.45) is 0. The van der Waals surface area contributed by atoms with Gasteiger partial charge < -0.3 is 5.73 Å². The van der Waals surface area contributed by atoms with Gasteiger partial charge in [0.25, 0.3) is 0 Å². The minimum absolute atomic E-state index is 0.198. The van der Waals surface area contributed by atoms with E-state index in [1.807, 2.05) is 13.0 Å². The lowest BCUT2D eigenvalue weighted by molar-refractivity contribution is 0.604. The average molecular weight is 185 g/mol. The minimum Gasteiger partial charge on any atom is -0.326 e. The number of thioether (sulfide) groups is 1. The molecule has 66 valence electrons. The standard InChI is InChI=1S/C9H12FNS/c1-2-12-9-5-3-4-8(10)7(9)6-11/h3-5H,2,6,11H2,1H3. The van der Waals surface area contributed by atoms with Crippen molar-refractivity contribution in [3.63, 3.8) is 0 Å². The highest BCUT2D eigenvalue weighted by Crippen LogP contribution is 2.23. The zero-order chi connectivity index (χ0) is 8.97. The normalized spacial score (nSPS) is 10.2. The number of halogens is 1. The molecule has 0 saturated carbocycles. The maximum Gasteiger partial charge on any atom is 0.128 e. The molecule has 0 saturated heterocycles. The third-order valence-corrected chi connectivity index (χ3v) is 2.56. The molecule has 0 aliphatic rings. The second-order valence-electron chi connectivity index (χ2n) is 2.35. The van der Waals surface area contributed by atoms with Crippen molar-refractivity contribution in [1.29, 1.82) is 0 Å². The monoisotopic (exact) mass is 185 g/mol. The summed E-state index contributed by atoms with van der Waals surface area (Å²) >= 11 is 1.62. The van der Waals surface area contributed by atoms with E-state index in [4.69, 9.17) is 5.73 Å². The Morgan fingerprint density at radius 3 is 2.83 bits per heavy atom. The van der Waals surface area contributed by atoms with Gasteiger partial charge in [0.2, 0.25) is 0 Å². The van der Waals surface area contributed by atoms with Gasteiger partial charge in [-0.1, -0.05) is 13.0 Å². The van der Waals surface area contributed by atoms with Crippen LogP contribution in [0.15, 0.2) is 23.1 Å². The molecule has 1 aromatic rings. The van der Waals surface area contributed by atoms with Crippen molar-refractivity contribution in [2.75, 3.05) is 5.75 Å². The number of rotatable bonds is 3. The highest BCUT2D eigenvalue weighted by Gasteiger charge is 2.05. The third kappa shape index (κ3) is 1.99. The van der Waals surface area contributed by atoms with E-state index >= 15 is 0 Å². The maximum atomic E-state index is 13.1. The molecule has 0 aliphatic heterocycles. The molecule has 12 heavy (non-hydrogen) atoms. The fraction of sp³-hybridized carbons (Fsp3) is 0.333. The van der Waals surface area contributed by atoms with E-state index in [9.17, 15) is 4.39 Å². The van der Waals surface area contributed by atoms with Gasteiger partial charge in [0.1, 0.15) is 5.82 Å². The van der Waals surface area contributed by atoms with Crippen LogP contribution in [0.25, 0.3) is 0 Å². The Kier molecular flexibility index (Phi) is 3.56. The van der Waals surface area contributed by atoms with Gasteiger partial charge in [0.05, 0.1) is 0 Å². The van der Waals surface area contributed by atoms with Gasteiger partial charge in [0.15, 0.2) is 0 Å². The lowest BCUT2D eigenvalue weighted by Gasteiger charge is -2.06. The Labute approximate surface area is 76.2 Å². The summed E-state index contributed by atoms with van der Waals surface area (Å²) in [7, 11) is 0. The first-order chi connectivity index (χ1) is 5.79. The summed E-state index contributed by atoms with van der Waals surface area (Å²) in [4.78, 5) is 0.958. The first-order valence-electron chi connectivity index (χ1n) is 3.89. The Morgan fingerprint density at radius 2 is 2.25 bits per heavy atom. The van der Waals surface area contributed by atoms with Gasteiger partial charge in [-0.05, 0) is 17.9 Å². The lowest BCUT2D eigenvalue weighted by atomic mass is 10.2. The fourth-order valence-corrected chi connectivity index (χ4v) is 1.87. The molecular weight excluding hydrogens is 173 g/mol. The predicted molar refractivity (Wildman–Crippen MR) is 50.7 cm³/mol. The maximum absolute atomic E-state index is 13.1. The number of benzene rings is 1. The van der Waals surface area contributed by atoms with E-state index in [0.717, 1.165) is 10.6 Å². The van der Waals surface area contributed by atoms with Crippen molar-refractivity contribution >= 4 is 11.8 Å². The van der Waals surface area contributed by atoms with Crippen LogP contribution in [0.1, 0.15) is 12.5 Å². The Hall–Kier alpha value is -0.540. The molecular formula is C9H12FNS. The topological polar surface area (TPSA) is 26.0 Å². The van der Waals surface area contributed by atoms with E-state index in [0.29, 0.717) is 5.56 Å². The number of hydrogen-bond acceptors (Lipinski definition) is 2. The SMILES string of the molecule is CCSc1cccc(F)c1CN. The molecule has 0 amide bonds. The van der Waals surface area contributed by atoms with Crippen LogP contribution in [-0.4, -0.2) is 5.75 Å². The minimum atomic E-state index is -0.198. The molecule has 0 aliphatic carbocycles. The van der Waals surface area contributed by atoms with Crippen molar-refractivity contribution in [3.05, 3.63) is 29.6 Å². The molecule has 1 aromatic carbocycles. The highest BCUT2D eigenvalue weighted by molar-refractivity contribution is 7.99. The molecule has 1 rings (SSSR count). The van der Waals surface area contributed by atoms with Gasteiger partial charge in [-0.2, -0.15) is 0 Å². The molecule has 2 N–H and O–H groups in total. The summed E-state index contributed by atoms with van der Waals surface area (Å²) < 4.78 is 13.1. The molecule has 1 nitrogen and oxygen atoms in total. The van der Waals surface area contributed by atoms with E-state index in [2.05, 4.69) is 0 Å². The van der Waals surface area contributed by atoms with Crippen molar-refractivity contribution in [1.82, 2.24) is 0 Å². The van der Waals surface area contributed by atoms with Crippen molar-refractivity contribution in [2.45, 2.75) is 18.4 Å². The average Bonchev–Trinajstić information content (AvgIpc) is 2.05. The zero-order valence-electron chi connectivity index (χ0n) is 7.01. The van der Waals surface area contributed by atoms with E-state index in [-0.39, 0.29) is 12.4 Å². The summed E-state index contributed by atoms with van der Waals surface area (Å²) in [6, 6.07) is 5.06. The molecule has 0 heterocycles.